The van der Waals surface area contributed by atoms with Crippen LogP contribution in [0.2, 0.25) is 5.02 Å². The van der Waals surface area contributed by atoms with Crippen molar-refractivity contribution in [1.82, 2.24) is 0 Å². The largest absolute Gasteiger partial charge is 0.420 e. The normalized spacial score (nSPS) is 14.0. The molecule has 0 heterocycles. The smallest absolute Gasteiger partial charge is 0.408 e. The number of benzene rings is 2. The van der Waals surface area contributed by atoms with Crippen LogP contribution in [0.5, 0.6) is 5.75 Å². The van der Waals surface area contributed by atoms with E-state index in [-0.39, 0.29) is 11.1 Å². The van der Waals surface area contributed by atoms with E-state index in [1.165, 1.54) is 12.1 Å². The lowest BCUT2D eigenvalue weighted by atomic mass is 10.3. The van der Waals surface area contributed by atoms with Gasteiger partial charge in [0.2, 0.25) is 0 Å². The fraction of sp³-hybridized carbons (Fsp3) is 0. The molecule has 0 saturated carbocycles. The summed E-state index contributed by atoms with van der Waals surface area (Å²) in [5.41, 5.74) is 0. The standard InChI is InChI=1S/C12H10ClO3P/c13-11-8-4-5-9-12(11)16-17(14,15)10-6-2-1-3-7-10/h1-9H,(H,14,15). The van der Waals surface area contributed by atoms with Crippen molar-refractivity contribution in [1.29, 1.82) is 0 Å². The van der Waals surface area contributed by atoms with E-state index in [0.717, 1.165) is 0 Å². The second kappa shape index (κ2) is 4.92. The maximum Gasteiger partial charge on any atom is 0.408 e. The summed E-state index contributed by atoms with van der Waals surface area (Å²) in [6.07, 6.45) is 0. The molecule has 2 rings (SSSR count). The van der Waals surface area contributed by atoms with Gasteiger partial charge in [0.1, 0.15) is 5.75 Å². The van der Waals surface area contributed by atoms with Gasteiger partial charge in [-0.05, 0) is 24.3 Å². The van der Waals surface area contributed by atoms with Gasteiger partial charge in [-0.3, -0.25) is 0 Å². The Balaban J connectivity index is 2.30. The van der Waals surface area contributed by atoms with Gasteiger partial charge < -0.3 is 9.42 Å². The van der Waals surface area contributed by atoms with Crippen LogP contribution in [0.1, 0.15) is 0 Å². The summed E-state index contributed by atoms with van der Waals surface area (Å²) >= 11 is 5.86. The van der Waals surface area contributed by atoms with Crippen LogP contribution in [0.15, 0.2) is 54.6 Å². The summed E-state index contributed by atoms with van der Waals surface area (Å²) in [7, 11) is -3.88. The van der Waals surface area contributed by atoms with Crippen molar-refractivity contribution in [3.05, 3.63) is 59.6 Å². The summed E-state index contributed by atoms with van der Waals surface area (Å²) in [6, 6.07) is 14.7. The Hall–Kier alpha value is -1.28. The molecular weight excluding hydrogens is 259 g/mol. The van der Waals surface area contributed by atoms with Gasteiger partial charge in [-0.2, -0.15) is 0 Å². The number of hydrogen-bond donors (Lipinski definition) is 1. The maximum absolute atomic E-state index is 12.0. The fourth-order valence-corrected chi connectivity index (χ4v) is 2.63. The molecule has 0 saturated heterocycles. The Morgan fingerprint density at radius 3 is 2.24 bits per heavy atom. The van der Waals surface area contributed by atoms with Crippen LogP contribution in [-0.2, 0) is 4.57 Å². The van der Waals surface area contributed by atoms with Crippen molar-refractivity contribution in [3.8, 4) is 5.75 Å². The van der Waals surface area contributed by atoms with Crippen molar-refractivity contribution in [3.63, 3.8) is 0 Å². The zero-order valence-electron chi connectivity index (χ0n) is 8.79. The lowest BCUT2D eigenvalue weighted by Gasteiger charge is -2.14. The summed E-state index contributed by atoms with van der Waals surface area (Å²) in [5.74, 6) is 0.198. The quantitative estimate of drug-likeness (QED) is 0.870. The van der Waals surface area contributed by atoms with Gasteiger partial charge in [0, 0.05) is 0 Å². The Morgan fingerprint density at radius 2 is 1.59 bits per heavy atom. The van der Waals surface area contributed by atoms with Crippen molar-refractivity contribution in [2.75, 3.05) is 0 Å². The second-order valence-electron chi connectivity index (χ2n) is 3.38. The van der Waals surface area contributed by atoms with E-state index in [1.807, 2.05) is 0 Å². The number of hydrogen-bond acceptors (Lipinski definition) is 2. The molecule has 1 atom stereocenters. The molecule has 0 spiro atoms. The minimum atomic E-state index is -3.88. The Bertz CT molecular complexity index is 557. The van der Waals surface area contributed by atoms with Crippen molar-refractivity contribution in [2.24, 2.45) is 0 Å². The molecule has 5 heteroatoms. The van der Waals surface area contributed by atoms with E-state index in [9.17, 15) is 9.46 Å². The third kappa shape index (κ3) is 2.89. The Labute approximate surface area is 104 Å². The van der Waals surface area contributed by atoms with Crippen LogP contribution in [0.4, 0.5) is 0 Å². The number of para-hydroxylation sites is 1. The first-order valence-corrected chi connectivity index (χ1v) is 6.88. The average Bonchev–Trinajstić information content (AvgIpc) is 2.33. The van der Waals surface area contributed by atoms with E-state index >= 15 is 0 Å². The minimum absolute atomic E-state index is 0.198. The predicted octanol–water partition coefficient (Wildman–Crippen LogP) is 3.23. The van der Waals surface area contributed by atoms with Crippen LogP contribution in [0.3, 0.4) is 0 Å². The molecule has 2 aromatic rings. The van der Waals surface area contributed by atoms with Crippen molar-refractivity contribution in [2.45, 2.75) is 0 Å². The molecular formula is C12H10ClO3P. The highest BCUT2D eigenvalue weighted by molar-refractivity contribution is 7.61. The first-order chi connectivity index (χ1) is 8.09. The van der Waals surface area contributed by atoms with E-state index < -0.39 is 7.60 Å². The molecule has 0 fully saturated rings. The Kier molecular flexibility index (Phi) is 3.53. The van der Waals surface area contributed by atoms with Crippen LogP contribution in [0, 0.1) is 0 Å². The minimum Gasteiger partial charge on any atom is -0.420 e. The zero-order valence-corrected chi connectivity index (χ0v) is 10.4. The summed E-state index contributed by atoms with van der Waals surface area (Å²) < 4.78 is 17.1. The van der Waals surface area contributed by atoms with Gasteiger partial charge in [0.15, 0.2) is 0 Å². The maximum atomic E-state index is 12.0. The zero-order chi connectivity index (χ0) is 12.3. The van der Waals surface area contributed by atoms with Crippen LogP contribution >= 0.6 is 19.2 Å². The molecule has 1 N–H and O–H groups in total. The topological polar surface area (TPSA) is 46.5 Å². The highest BCUT2D eigenvalue weighted by Gasteiger charge is 2.24. The molecule has 0 aliphatic rings. The van der Waals surface area contributed by atoms with Crippen LogP contribution in [0.25, 0.3) is 0 Å². The van der Waals surface area contributed by atoms with Gasteiger partial charge in [-0.1, -0.05) is 41.9 Å². The van der Waals surface area contributed by atoms with Gasteiger partial charge >= 0.3 is 7.60 Å². The lowest BCUT2D eigenvalue weighted by Crippen LogP contribution is -2.08. The SMILES string of the molecule is O=P(O)(Oc1ccccc1Cl)c1ccccc1. The summed E-state index contributed by atoms with van der Waals surface area (Å²) in [4.78, 5) is 9.84. The molecule has 0 amide bonds. The van der Waals surface area contributed by atoms with Gasteiger partial charge in [-0.15, -0.1) is 0 Å². The molecule has 0 aromatic heterocycles. The molecule has 0 bridgehead atoms. The van der Waals surface area contributed by atoms with Crippen LogP contribution < -0.4 is 9.83 Å². The van der Waals surface area contributed by atoms with Gasteiger partial charge in [0.25, 0.3) is 0 Å². The van der Waals surface area contributed by atoms with E-state index in [2.05, 4.69) is 0 Å². The number of rotatable bonds is 3. The molecule has 0 radical (unpaired) electrons. The van der Waals surface area contributed by atoms with Gasteiger partial charge in [-0.25, -0.2) is 4.57 Å². The monoisotopic (exact) mass is 268 g/mol. The summed E-state index contributed by atoms with van der Waals surface area (Å²) in [6.45, 7) is 0. The lowest BCUT2D eigenvalue weighted by molar-refractivity contribution is 0.393. The fourth-order valence-electron chi connectivity index (χ4n) is 1.32. The van der Waals surface area contributed by atoms with E-state index in [1.54, 1.807) is 42.5 Å². The highest BCUT2D eigenvalue weighted by atomic mass is 35.5. The molecule has 0 aliphatic heterocycles. The summed E-state index contributed by atoms with van der Waals surface area (Å²) in [5, 5.41) is 0.539. The molecule has 3 nitrogen and oxygen atoms in total. The average molecular weight is 269 g/mol. The second-order valence-corrected chi connectivity index (χ2v) is 5.52. The van der Waals surface area contributed by atoms with Crippen molar-refractivity contribution < 1.29 is 14.0 Å². The van der Waals surface area contributed by atoms with Crippen molar-refractivity contribution >= 4 is 24.5 Å². The van der Waals surface area contributed by atoms with Gasteiger partial charge in [0.05, 0.1) is 10.3 Å². The molecule has 1 unspecified atom stereocenters. The highest BCUT2D eigenvalue weighted by Crippen LogP contribution is 2.43. The first kappa shape index (κ1) is 12.2. The third-order valence-electron chi connectivity index (χ3n) is 2.14. The Morgan fingerprint density at radius 1 is 1.00 bits per heavy atom. The molecule has 0 aliphatic carbocycles. The first-order valence-electron chi connectivity index (χ1n) is 4.92. The van der Waals surface area contributed by atoms with Crippen LogP contribution in [-0.4, -0.2) is 4.89 Å². The third-order valence-corrected chi connectivity index (χ3v) is 3.85. The van der Waals surface area contributed by atoms with E-state index in [0.29, 0.717) is 5.02 Å². The molecule has 2 aromatic carbocycles. The predicted molar refractivity (Wildman–Crippen MR) is 68.0 cm³/mol. The molecule has 88 valence electrons. The number of halogens is 1. The molecule has 17 heavy (non-hydrogen) atoms. The van der Waals surface area contributed by atoms with E-state index in [4.69, 9.17) is 16.1 Å².